The Morgan fingerprint density at radius 3 is 3.04 bits per heavy atom. The Labute approximate surface area is 140 Å². The SMILES string of the molecule is Cc1nc(Cc2nnc(S[C@H](C)C(=O)N3CCNC3=O)o2)cs1. The zero-order valence-electron chi connectivity index (χ0n) is 12.6. The number of nitrogens with one attached hydrogen (secondary N) is 1. The molecule has 3 heterocycles. The molecular weight excluding hydrogens is 338 g/mol. The van der Waals surface area contributed by atoms with Gasteiger partial charge in [0, 0.05) is 18.5 Å². The summed E-state index contributed by atoms with van der Waals surface area (Å²) in [6.45, 7) is 4.53. The van der Waals surface area contributed by atoms with Gasteiger partial charge in [-0.15, -0.1) is 21.5 Å². The van der Waals surface area contributed by atoms with Gasteiger partial charge in [0.15, 0.2) is 0 Å². The first kappa shape index (κ1) is 15.9. The van der Waals surface area contributed by atoms with Crippen LogP contribution < -0.4 is 5.32 Å². The van der Waals surface area contributed by atoms with Crippen LogP contribution in [0.3, 0.4) is 0 Å². The summed E-state index contributed by atoms with van der Waals surface area (Å²) in [4.78, 5) is 29.3. The highest BCUT2D eigenvalue weighted by Gasteiger charge is 2.31. The minimum Gasteiger partial charge on any atom is -0.416 e. The highest BCUT2D eigenvalue weighted by Crippen LogP contribution is 2.24. The van der Waals surface area contributed by atoms with Crippen molar-refractivity contribution in [2.45, 2.75) is 30.7 Å². The smallest absolute Gasteiger partial charge is 0.324 e. The fourth-order valence-electron chi connectivity index (χ4n) is 2.10. The van der Waals surface area contributed by atoms with Gasteiger partial charge in [0.1, 0.15) is 0 Å². The second-order valence-electron chi connectivity index (χ2n) is 4.98. The van der Waals surface area contributed by atoms with Crippen molar-refractivity contribution in [3.05, 3.63) is 22.0 Å². The molecule has 1 N–H and O–H groups in total. The number of nitrogens with zero attached hydrogens (tertiary/aromatic N) is 4. The molecule has 1 aliphatic heterocycles. The van der Waals surface area contributed by atoms with Gasteiger partial charge in [-0.2, -0.15) is 0 Å². The van der Waals surface area contributed by atoms with Crippen LogP contribution >= 0.6 is 23.1 Å². The molecule has 1 aliphatic rings. The number of aryl methyl sites for hydroxylation is 1. The van der Waals surface area contributed by atoms with Crippen molar-refractivity contribution in [1.82, 2.24) is 25.4 Å². The van der Waals surface area contributed by atoms with Crippen molar-refractivity contribution < 1.29 is 14.0 Å². The quantitative estimate of drug-likeness (QED) is 0.812. The van der Waals surface area contributed by atoms with Gasteiger partial charge in [0.2, 0.25) is 11.8 Å². The third-order valence-corrected chi connectivity index (χ3v) is 4.94. The lowest BCUT2D eigenvalue weighted by Gasteiger charge is -2.15. The van der Waals surface area contributed by atoms with Crippen LogP contribution in [0.15, 0.2) is 15.0 Å². The molecule has 3 rings (SSSR count). The van der Waals surface area contributed by atoms with Gasteiger partial charge >= 0.3 is 6.03 Å². The number of hydrogen-bond acceptors (Lipinski definition) is 8. The van der Waals surface area contributed by atoms with Crippen molar-refractivity contribution >= 4 is 35.0 Å². The standard InChI is InChI=1S/C13H15N5O3S2/c1-7(11(19)18-4-3-14-12(18)20)23-13-17-16-10(21-13)5-9-6-22-8(2)15-9/h6-7H,3-5H2,1-2H3,(H,14,20)/t7-/m1/s1. The molecule has 122 valence electrons. The highest BCUT2D eigenvalue weighted by molar-refractivity contribution is 8.00. The second-order valence-corrected chi connectivity index (χ2v) is 7.33. The summed E-state index contributed by atoms with van der Waals surface area (Å²) in [5, 5.41) is 13.3. The highest BCUT2D eigenvalue weighted by atomic mass is 32.2. The number of urea groups is 1. The van der Waals surface area contributed by atoms with E-state index in [1.54, 1.807) is 18.3 Å². The molecule has 0 aromatic carbocycles. The number of aromatic nitrogens is 3. The molecule has 0 unspecified atom stereocenters. The van der Waals surface area contributed by atoms with Crippen LogP contribution in [0, 0.1) is 6.92 Å². The first-order valence-electron chi connectivity index (χ1n) is 7.02. The Morgan fingerprint density at radius 2 is 2.39 bits per heavy atom. The first-order valence-corrected chi connectivity index (χ1v) is 8.78. The van der Waals surface area contributed by atoms with Crippen molar-refractivity contribution in [2.24, 2.45) is 0 Å². The van der Waals surface area contributed by atoms with Gasteiger partial charge in [-0.25, -0.2) is 9.78 Å². The van der Waals surface area contributed by atoms with Crippen molar-refractivity contribution in [3.8, 4) is 0 Å². The zero-order valence-corrected chi connectivity index (χ0v) is 14.2. The molecule has 0 radical (unpaired) electrons. The van der Waals surface area contributed by atoms with Crippen molar-refractivity contribution in [2.75, 3.05) is 13.1 Å². The molecule has 10 heteroatoms. The Kier molecular flexibility index (Phi) is 4.62. The molecule has 1 atom stereocenters. The number of rotatable bonds is 5. The fourth-order valence-corrected chi connectivity index (χ4v) is 3.48. The van der Waals surface area contributed by atoms with Crippen molar-refractivity contribution in [1.29, 1.82) is 0 Å². The molecule has 1 saturated heterocycles. The van der Waals surface area contributed by atoms with Crippen LogP contribution in [0.25, 0.3) is 0 Å². The molecule has 0 aliphatic carbocycles. The topological polar surface area (TPSA) is 101 Å². The summed E-state index contributed by atoms with van der Waals surface area (Å²) in [5.74, 6) is 0.191. The van der Waals surface area contributed by atoms with E-state index in [2.05, 4.69) is 20.5 Å². The Balaban J connectivity index is 1.59. The first-order chi connectivity index (χ1) is 11.0. The normalized spacial score (nSPS) is 15.7. The average molecular weight is 353 g/mol. The number of thiazole rings is 1. The Hall–Kier alpha value is -1.94. The van der Waals surface area contributed by atoms with E-state index in [4.69, 9.17) is 4.42 Å². The van der Waals surface area contributed by atoms with E-state index in [9.17, 15) is 9.59 Å². The largest absolute Gasteiger partial charge is 0.416 e. The van der Waals surface area contributed by atoms with Gasteiger partial charge in [0.25, 0.3) is 5.22 Å². The van der Waals surface area contributed by atoms with E-state index in [0.29, 0.717) is 30.6 Å². The summed E-state index contributed by atoms with van der Waals surface area (Å²) in [6.07, 6.45) is 0.467. The van der Waals surface area contributed by atoms with E-state index >= 15 is 0 Å². The number of imide groups is 1. The molecule has 3 amide bonds. The number of amides is 3. The van der Waals surface area contributed by atoms with Crippen LogP contribution in [0.4, 0.5) is 4.79 Å². The average Bonchev–Trinajstić information content (AvgIpc) is 3.22. The summed E-state index contributed by atoms with van der Waals surface area (Å²) in [7, 11) is 0. The lowest BCUT2D eigenvalue weighted by atomic mass is 10.3. The van der Waals surface area contributed by atoms with Crippen LogP contribution in [0.5, 0.6) is 0 Å². The molecule has 2 aromatic rings. The monoisotopic (exact) mass is 353 g/mol. The molecule has 0 spiro atoms. The molecule has 1 fully saturated rings. The summed E-state index contributed by atoms with van der Waals surface area (Å²) >= 11 is 2.71. The number of hydrogen-bond donors (Lipinski definition) is 1. The van der Waals surface area contributed by atoms with Gasteiger partial charge in [-0.05, 0) is 13.8 Å². The maximum absolute atomic E-state index is 12.2. The number of thioether (sulfide) groups is 1. The summed E-state index contributed by atoms with van der Waals surface area (Å²) < 4.78 is 5.54. The Bertz CT molecular complexity index is 729. The Morgan fingerprint density at radius 1 is 1.57 bits per heavy atom. The van der Waals surface area contributed by atoms with E-state index in [-0.39, 0.29) is 11.9 Å². The second kappa shape index (κ2) is 6.67. The van der Waals surface area contributed by atoms with Crippen LogP contribution in [0.2, 0.25) is 0 Å². The van der Waals surface area contributed by atoms with E-state index in [0.717, 1.165) is 22.5 Å². The van der Waals surface area contributed by atoms with E-state index in [1.807, 2.05) is 12.3 Å². The maximum atomic E-state index is 12.2. The van der Waals surface area contributed by atoms with E-state index in [1.165, 1.54) is 4.90 Å². The molecule has 0 bridgehead atoms. The van der Waals surface area contributed by atoms with Gasteiger partial charge in [-0.3, -0.25) is 9.69 Å². The molecule has 0 saturated carbocycles. The third-order valence-electron chi connectivity index (χ3n) is 3.20. The van der Waals surface area contributed by atoms with Gasteiger partial charge < -0.3 is 9.73 Å². The minimum atomic E-state index is -0.478. The van der Waals surface area contributed by atoms with Crippen molar-refractivity contribution in [3.63, 3.8) is 0 Å². The predicted octanol–water partition coefficient (Wildman–Crippen LogP) is 1.46. The van der Waals surface area contributed by atoms with Gasteiger partial charge in [0.05, 0.1) is 22.4 Å². The third kappa shape index (κ3) is 3.70. The zero-order chi connectivity index (χ0) is 16.4. The van der Waals surface area contributed by atoms with Crippen LogP contribution in [0.1, 0.15) is 23.5 Å². The fraction of sp³-hybridized carbons (Fsp3) is 0.462. The lowest BCUT2D eigenvalue weighted by molar-refractivity contribution is -0.126. The number of carbonyl (C=O) groups excluding carboxylic acids is 2. The van der Waals surface area contributed by atoms with E-state index < -0.39 is 5.25 Å². The van der Waals surface area contributed by atoms with Gasteiger partial charge in [-0.1, -0.05) is 11.8 Å². The number of carbonyl (C=O) groups is 2. The molecular formula is C13H15N5O3S2. The maximum Gasteiger partial charge on any atom is 0.324 e. The summed E-state index contributed by atoms with van der Waals surface area (Å²) in [5.41, 5.74) is 0.880. The molecule has 2 aromatic heterocycles. The summed E-state index contributed by atoms with van der Waals surface area (Å²) in [6, 6.07) is -0.354. The molecule has 23 heavy (non-hydrogen) atoms. The minimum absolute atomic E-state index is 0.264. The molecule has 8 nitrogen and oxygen atoms in total. The van der Waals surface area contributed by atoms with Crippen LogP contribution in [-0.4, -0.2) is 50.4 Å². The lowest BCUT2D eigenvalue weighted by Crippen LogP contribution is -2.38. The van der Waals surface area contributed by atoms with Crippen LogP contribution in [-0.2, 0) is 11.2 Å². The predicted molar refractivity (Wildman–Crippen MR) is 84.4 cm³/mol.